The maximum atomic E-state index is 11.7. The zero-order valence-corrected chi connectivity index (χ0v) is 11.0. The van der Waals surface area contributed by atoms with Crippen LogP contribution in [0.1, 0.15) is 20.3 Å². The third kappa shape index (κ3) is 2.87. The van der Waals surface area contributed by atoms with Crippen molar-refractivity contribution in [1.29, 1.82) is 0 Å². The molecule has 0 unspecified atom stereocenters. The second-order valence-corrected chi connectivity index (χ2v) is 3.94. The number of rotatable bonds is 5. The van der Waals surface area contributed by atoms with E-state index in [1.54, 1.807) is 31.1 Å². The number of nitrogens with one attached hydrogen (secondary N) is 1. The summed E-state index contributed by atoms with van der Waals surface area (Å²) >= 11 is 0. The molecule has 0 aliphatic carbocycles. The van der Waals surface area contributed by atoms with Crippen LogP contribution < -0.4 is 5.32 Å². The molecule has 2 N–H and O–H groups in total. The Morgan fingerprint density at radius 1 is 1.67 bits per heavy atom. The second-order valence-electron chi connectivity index (χ2n) is 3.94. The quantitative estimate of drug-likeness (QED) is 0.767. The molecular weight excluding hydrogens is 230 g/mol. The molecule has 0 fully saturated rings. The Labute approximate surface area is 107 Å². The van der Waals surface area contributed by atoms with Crippen LogP contribution in [0.15, 0.2) is 40.9 Å². The van der Waals surface area contributed by atoms with Gasteiger partial charge in [-0.1, -0.05) is 13.5 Å². The van der Waals surface area contributed by atoms with Crippen LogP contribution in [0.3, 0.4) is 0 Å². The lowest BCUT2D eigenvalue weighted by atomic mass is 10.1. The number of aliphatic hydroxyl groups is 1. The molecule has 1 rings (SSSR count). The van der Waals surface area contributed by atoms with Crippen LogP contribution in [-0.4, -0.2) is 35.3 Å². The van der Waals surface area contributed by atoms with Crippen molar-refractivity contribution < 1.29 is 9.90 Å². The summed E-state index contributed by atoms with van der Waals surface area (Å²) in [5.41, 5.74) is 1.86. The molecule has 0 saturated heterocycles. The first-order valence-corrected chi connectivity index (χ1v) is 5.80. The monoisotopic (exact) mass is 249 g/mol. The summed E-state index contributed by atoms with van der Waals surface area (Å²) in [5.74, 6) is 0.464. The van der Waals surface area contributed by atoms with E-state index in [0.29, 0.717) is 23.7 Å². The van der Waals surface area contributed by atoms with Gasteiger partial charge in [-0.25, -0.2) is 4.99 Å². The molecule has 0 radical (unpaired) electrons. The van der Waals surface area contributed by atoms with Crippen molar-refractivity contribution in [3.63, 3.8) is 0 Å². The van der Waals surface area contributed by atoms with Gasteiger partial charge in [0.1, 0.15) is 12.4 Å². The normalized spacial score (nSPS) is 17.3. The fraction of sp³-hybridized carbons (Fsp3) is 0.385. The number of carbonyl (C=O) groups excluding carboxylic acids is 1. The molecule has 1 aliphatic rings. The average Bonchev–Trinajstić information content (AvgIpc) is 2.37. The first-order valence-electron chi connectivity index (χ1n) is 5.80. The van der Waals surface area contributed by atoms with Crippen molar-refractivity contribution in [1.82, 2.24) is 10.2 Å². The molecule has 0 amide bonds. The van der Waals surface area contributed by atoms with Crippen molar-refractivity contribution >= 4 is 11.5 Å². The van der Waals surface area contributed by atoms with Crippen LogP contribution in [0.25, 0.3) is 0 Å². The van der Waals surface area contributed by atoms with E-state index >= 15 is 0 Å². The van der Waals surface area contributed by atoms with E-state index < -0.39 is 0 Å². The number of allylic oxidation sites excluding steroid dienone is 2. The Balaban J connectivity index is 3.27. The van der Waals surface area contributed by atoms with Crippen LogP contribution >= 0.6 is 0 Å². The van der Waals surface area contributed by atoms with Crippen molar-refractivity contribution in [2.75, 3.05) is 13.8 Å². The van der Waals surface area contributed by atoms with Gasteiger partial charge in [0.25, 0.3) is 0 Å². The summed E-state index contributed by atoms with van der Waals surface area (Å²) in [7, 11) is 1.73. The number of nitrogens with zero attached hydrogens (tertiary/aromatic N) is 2. The molecule has 0 atom stereocenters. The summed E-state index contributed by atoms with van der Waals surface area (Å²) in [6.07, 6.45) is 3.69. The van der Waals surface area contributed by atoms with Gasteiger partial charge in [0.2, 0.25) is 0 Å². The van der Waals surface area contributed by atoms with Gasteiger partial charge in [-0.2, -0.15) is 0 Å². The van der Waals surface area contributed by atoms with Gasteiger partial charge < -0.3 is 15.3 Å². The first kappa shape index (κ1) is 14.2. The standard InChI is InChI=1S/C13H19N3O2/c1-5-12(18)10-6-11(9(2)3)16(8-17)13(15-10)7-14-4/h6-7,14,17H,2,5,8H2,1,3-4H3/b13-7-. The van der Waals surface area contributed by atoms with Crippen molar-refractivity contribution in [3.05, 3.63) is 35.9 Å². The fourth-order valence-electron chi connectivity index (χ4n) is 1.61. The highest BCUT2D eigenvalue weighted by Gasteiger charge is 2.22. The average molecular weight is 249 g/mol. The Kier molecular flexibility index (Phi) is 4.85. The molecule has 0 bridgehead atoms. The number of ketones is 1. The fourth-order valence-corrected chi connectivity index (χ4v) is 1.61. The van der Waals surface area contributed by atoms with E-state index in [1.807, 2.05) is 6.92 Å². The number of Topliss-reactive ketones (excluding diaryl/α,β-unsaturated/α-hetero) is 1. The van der Waals surface area contributed by atoms with Gasteiger partial charge in [0.15, 0.2) is 11.6 Å². The highest BCUT2D eigenvalue weighted by Crippen LogP contribution is 2.23. The molecule has 5 heteroatoms. The summed E-state index contributed by atoms with van der Waals surface area (Å²) in [5, 5.41) is 12.3. The van der Waals surface area contributed by atoms with Crippen LogP contribution in [0.5, 0.6) is 0 Å². The zero-order valence-electron chi connectivity index (χ0n) is 11.0. The molecule has 0 aromatic carbocycles. The van der Waals surface area contributed by atoms with Crippen LogP contribution in [0.2, 0.25) is 0 Å². The zero-order chi connectivity index (χ0) is 13.7. The van der Waals surface area contributed by atoms with Gasteiger partial charge in [-0.3, -0.25) is 4.79 Å². The lowest BCUT2D eigenvalue weighted by molar-refractivity contribution is -0.112. The van der Waals surface area contributed by atoms with Crippen LogP contribution in [0.4, 0.5) is 0 Å². The van der Waals surface area contributed by atoms with Gasteiger partial charge in [0, 0.05) is 25.4 Å². The second kappa shape index (κ2) is 6.16. The van der Waals surface area contributed by atoms with E-state index in [9.17, 15) is 9.90 Å². The molecule has 0 aromatic heterocycles. The maximum Gasteiger partial charge on any atom is 0.181 e. The molecule has 18 heavy (non-hydrogen) atoms. The molecule has 1 heterocycles. The van der Waals surface area contributed by atoms with Crippen molar-refractivity contribution in [2.24, 2.45) is 4.99 Å². The number of hydrogen-bond acceptors (Lipinski definition) is 5. The SMILES string of the molecule is C=C(C)C1=CC(C(=O)CC)=N/C(=C/NC)N1CO. The molecule has 1 aliphatic heterocycles. The molecular formula is C13H19N3O2. The molecule has 98 valence electrons. The van der Waals surface area contributed by atoms with Crippen molar-refractivity contribution in [2.45, 2.75) is 20.3 Å². The summed E-state index contributed by atoms with van der Waals surface area (Å²) < 4.78 is 0. The Bertz CT molecular complexity index is 447. The summed E-state index contributed by atoms with van der Waals surface area (Å²) in [6.45, 7) is 7.25. The number of hydrogen-bond donors (Lipinski definition) is 2. The number of aliphatic imine (C=N–C) groups is 1. The third-order valence-electron chi connectivity index (χ3n) is 2.53. The predicted octanol–water partition coefficient (Wildman–Crippen LogP) is 1.15. The van der Waals surface area contributed by atoms with E-state index in [-0.39, 0.29) is 12.5 Å². The number of aliphatic hydroxyl groups excluding tert-OH is 1. The van der Waals surface area contributed by atoms with Gasteiger partial charge in [0.05, 0.1) is 0 Å². The van der Waals surface area contributed by atoms with Crippen LogP contribution in [0, 0.1) is 0 Å². The van der Waals surface area contributed by atoms with Gasteiger partial charge in [-0.15, -0.1) is 0 Å². The van der Waals surface area contributed by atoms with E-state index in [1.165, 1.54) is 0 Å². The van der Waals surface area contributed by atoms with Gasteiger partial charge in [-0.05, 0) is 18.6 Å². The predicted molar refractivity (Wildman–Crippen MR) is 71.7 cm³/mol. The highest BCUT2D eigenvalue weighted by atomic mass is 16.3. The highest BCUT2D eigenvalue weighted by molar-refractivity contribution is 6.44. The van der Waals surface area contributed by atoms with Crippen LogP contribution in [-0.2, 0) is 4.79 Å². The molecule has 0 spiro atoms. The Morgan fingerprint density at radius 3 is 2.78 bits per heavy atom. The largest absolute Gasteiger partial charge is 0.391 e. The smallest absolute Gasteiger partial charge is 0.181 e. The van der Waals surface area contributed by atoms with E-state index in [0.717, 1.165) is 5.57 Å². The molecule has 0 saturated carbocycles. The van der Waals surface area contributed by atoms with Crippen molar-refractivity contribution in [3.8, 4) is 0 Å². The van der Waals surface area contributed by atoms with E-state index in [4.69, 9.17) is 0 Å². The lowest BCUT2D eigenvalue weighted by Gasteiger charge is -2.29. The first-order chi connectivity index (χ1) is 8.54. The minimum absolute atomic E-state index is 0.0339. The minimum Gasteiger partial charge on any atom is -0.391 e. The summed E-state index contributed by atoms with van der Waals surface area (Å²) in [6, 6.07) is 0. The minimum atomic E-state index is -0.219. The van der Waals surface area contributed by atoms with Gasteiger partial charge >= 0.3 is 0 Å². The lowest BCUT2D eigenvalue weighted by Crippen LogP contribution is -2.30. The third-order valence-corrected chi connectivity index (χ3v) is 2.53. The Morgan fingerprint density at radius 2 is 2.33 bits per heavy atom. The number of carbonyl (C=O) groups is 1. The Hall–Kier alpha value is -1.88. The molecule has 5 nitrogen and oxygen atoms in total. The topological polar surface area (TPSA) is 64.9 Å². The maximum absolute atomic E-state index is 11.7. The summed E-state index contributed by atoms with van der Waals surface area (Å²) in [4.78, 5) is 17.6. The van der Waals surface area contributed by atoms with E-state index in [2.05, 4.69) is 16.9 Å². The molecule has 0 aromatic rings.